The molecule has 1 unspecified atom stereocenters. The molecule has 0 radical (unpaired) electrons. The average Bonchev–Trinajstić information content (AvgIpc) is 3.29. The van der Waals surface area contributed by atoms with Gasteiger partial charge in [0.2, 0.25) is 17.7 Å². The Kier molecular flexibility index (Phi) is 7.48. The van der Waals surface area contributed by atoms with Gasteiger partial charge < -0.3 is 25.8 Å². The highest BCUT2D eigenvalue weighted by Gasteiger charge is 2.61. The number of para-hydroxylation sites is 2. The van der Waals surface area contributed by atoms with Gasteiger partial charge in [0, 0.05) is 12.3 Å². The van der Waals surface area contributed by atoms with E-state index in [2.05, 4.69) is 5.32 Å². The summed E-state index contributed by atoms with van der Waals surface area (Å²) in [6.07, 6.45) is 7.80. The number of ether oxygens (including phenoxy) is 1. The third kappa shape index (κ3) is 5.43. The molecule has 2 amide bonds. The molecular formula is C30H33N5O5S. The fraction of sp³-hybridized carbons (Fsp3) is 0.433. The topological polar surface area (TPSA) is 148 Å². The first-order valence-corrected chi connectivity index (χ1v) is 15.0. The van der Waals surface area contributed by atoms with E-state index in [1.165, 1.54) is 16.2 Å². The van der Waals surface area contributed by atoms with Crippen molar-refractivity contribution >= 4 is 40.2 Å². The molecule has 3 aliphatic rings. The zero-order valence-corrected chi connectivity index (χ0v) is 23.4. The molecule has 2 fully saturated rings. The number of aliphatic carboxylic acids is 1. The van der Waals surface area contributed by atoms with Crippen LogP contribution in [0.3, 0.4) is 0 Å². The molecule has 11 heteroatoms. The SMILES string of the molecule is N[C@@H]1CCCCC/C=C\C2C[C@@]2(C(=O)O)NC(=O)[C@@H]2C[C@@H](Oc3nc4ccccc4nc3-c3cccs3)CN2C1=O. The maximum atomic E-state index is 13.6. The van der Waals surface area contributed by atoms with Crippen molar-refractivity contribution in [3.63, 3.8) is 0 Å². The smallest absolute Gasteiger partial charge is 0.330 e. The van der Waals surface area contributed by atoms with Gasteiger partial charge in [-0.1, -0.05) is 43.2 Å². The summed E-state index contributed by atoms with van der Waals surface area (Å²) in [5.74, 6) is -1.87. The number of nitrogens with one attached hydrogen (secondary N) is 1. The molecule has 0 spiro atoms. The Morgan fingerprint density at radius 2 is 1.93 bits per heavy atom. The maximum Gasteiger partial charge on any atom is 0.330 e. The van der Waals surface area contributed by atoms with E-state index in [1.807, 2.05) is 53.9 Å². The molecule has 41 heavy (non-hydrogen) atoms. The zero-order chi connectivity index (χ0) is 28.6. The highest BCUT2D eigenvalue weighted by molar-refractivity contribution is 7.13. The first-order valence-electron chi connectivity index (χ1n) is 14.1. The molecule has 1 saturated heterocycles. The standard InChI is InChI=1S/C30H33N5O5S/c31-20-10-5-3-1-2-4-9-18-16-30(18,29(38)39)34-26(36)23-15-19(17-35(23)28(20)37)40-27-25(24-13-8-14-41-24)32-21-11-6-7-12-22(21)33-27/h4,6-9,11-14,18-20,23H,1-3,5,10,15-17,31H2,(H,34,36)(H,38,39)/b9-4-/t18?,19-,20-,23+,30-/m1/s1. The summed E-state index contributed by atoms with van der Waals surface area (Å²) in [4.78, 5) is 51.3. The molecule has 10 nitrogen and oxygen atoms in total. The van der Waals surface area contributed by atoms with E-state index in [4.69, 9.17) is 20.4 Å². The monoisotopic (exact) mass is 575 g/mol. The molecule has 2 aliphatic heterocycles. The lowest BCUT2D eigenvalue weighted by Crippen LogP contribution is -2.55. The number of amides is 2. The number of aromatic nitrogens is 2. The van der Waals surface area contributed by atoms with Crippen molar-refractivity contribution in [2.75, 3.05) is 6.54 Å². The molecular weight excluding hydrogens is 542 g/mol. The Bertz CT molecular complexity index is 1490. The Morgan fingerprint density at radius 3 is 2.68 bits per heavy atom. The van der Waals surface area contributed by atoms with Crippen LogP contribution in [0.5, 0.6) is 5.88 Å². The second-order valence-corrected chi connectivity index (χ2v) is 12.0. The Morgan fingerprint density at radius 1 is 1.12 bits per heavy atom. The van der Waals surface area contributed by atoms with Crippen LogP contribution in [0.25, 0.3) is 21.6 Å². The molecule has 3 aromatic rings. The van der Waals surface area contributed by atoms with Crippen molar-refractivity contribution in [1.82, 2.24) is 20.2 Å². The van der Waals surface area contributed by atoms with Crippen LogP contribution in [-0.4, -0.2) is 68.0 Å². The molecule has 1 aromatic carbocycles. The Hall–Kier alpha value is -3.83. The van der Waals surface area contributed by atoms with E-state index in [9.17, 15) is 19.5 Å². The lowest BCUT2D eigenvalue weighted by atomic mass is 10.1. The first-order chi connectivity index (χ1) is 19.9. The normalized spacial score (nSPS) is 29.5. The van der Waals surface area contributed by atoms with E-state index in [1.54, 1.807) is 0 Å². The minimum Gasteiger partial charge on any atom is -0.479 e. The van der Waals surface area contributed by atoms with Gasteiger partial charge in [-0.05, 0) is 49.3 Å². The zero-order valence-electron chi connectivity index (χ0n) is 22.6. The van der Waals surface area contributed by atoms with Gasteiger partial charge in [-0.2, -0.15) is 0 Å². The quantitative estimate of drug-likeness (QED) is 0.401. The Balaban J connectivity index is 1.30. The van der Waals surface area contributed by atoms with Gasteiger partial charge in [0.25, 0.3) is 0 Å². The van der Waals surface area contributed by atoms with Gasteiger partial charge >= 0.3 is 5.97 Å². The van der Waals surface area contributed by atoms with Crippen LogP contribution in [-0.2, 0) is 14.4 Å². The summed E-state index contributed by atoms with van der Waals surface area (Å²) < 4.78 is 6.41. The molecule has 6 rings (SSSR count). The van der Waals surface area contributed by atoms with Crippen molar-refractivity contribution in [3.8, 4) is 16.5 Å². The van der Waals surface area contributed by atoms with Crippen molar-refractivity contribution in [1.29, 1.82) is 0 Å². The van der Waals surface area contributed by atoms with E-state index < -0.39 is 35.6 Å². The number of hydrogen-bond donors (Lipinski definition) is 3. The highest BCUT2D eigenvalue weighted by Crippen LogP contribution is 2.45. The molecule has 5 atom stereocenters. The number of carbonyl (C=O) groups is 3. The lowest BCUT2D eigenvalue weighted by Gasteiger charge is -2.27. The number of benzene rings is 1. The number of carboxylic acid groups (broad SMARTS) is 1. The van der Waals surface area contributed by atoms with Gasteiger partial charge in [0.15, 0.2) is 0 Å². The second-order valence-electron chi connectivity index (χ2n) is 11.1. The van der Waals surface area contributed by atoms with Gasteiger partial charge in [0.05, 0.1) is 28.5 Å². The van der Waals surface area contributed by atoms with Gasteiger partial charge in [-0.3, -0.25) is 9.59 Å². The third-order valence-corrected chi connectivity index (χ3v) is 9.11. The van der Waals surface area contributed by atoms with Crippen LogP contribution in [0, 0.1) is 5.92 Å². The summed E-state index contributed by atoms with van der Waals surface area (Å²) in [5, 5.41) is 14.7. The predicted molar refractivity (Wildman–Crippen MR) is 154 cm³/mol. The van der Waals surface area contributed by atoms with Gasteiger partial charge in [-0.25, -0.2) is 14.8 Å². The van der Waals surface area contributed by atoms with E-state index in [0.29, 0.717) is 29.9 Å². The Labute approximate surface area is 241 Å². The summed E-state index contributed by atoms with van der Waals surface area (Å²) in [6.45, 7) is 0.131. The van der Waals surface area contributed by atoms with Crippen molar-refractivity contribution < 1.29 is 24.2 Å². The van der Waals surface area contributed by atoms with E-state index >= 15 is 0 Å². The predicted octanol–water partition coefficient (Wildman–Crippen LogP) is 3.51. The number of rotatable bonds is 4. The van der Waals surface area contributed by atoms with Crippen molar-refractivity contribution in [2.24, 2.45) is 11.7 Å². The minimum absolute atomic E-state index is 0.131. The number of carbonyl (C=O) groups excluding carboxylic acids is 2. The number of hydrogen-bond acceptors (Lipinski definition) is 8. The summed E-state index contributed by atoms with van der Waals surface area (Å²) in [5.41, 5.74) is 6.96. The summed E-state index contributed by atoms with van der Waals surface area (Å²) in [6, 6.07) is 9.72. The minimum atomic E-state index is -1.36. The number of nitrogens with zero attached hydrogens (tertiary/aromatic N) is 3. The maximum absolute atomic E-state index is 13.6. The largest absolute Gasteiger partial charge is 0.479 e. The number of allylic oxidation sites excluding steroid dienone is 1. The first kappa shape index (κ1) is 27.3. The number of nitrogens with two attached hydrogens (primary N) is 1. The van der Waals surface area contributed by atoms with Crippen LogP contribution in [0.4, 0.5) is 0 Å². The molecule has 4 heterocycles. The van der Waals surface area contributed by atoms with Crippen LogP contribution >= 0.6 is 11.3 Å². The van der Waals surface area contributed by atoms with E-state index in [-0.39, 0.29) is 24.8 Å². The molecule has 214 valence electrons. The summed E-state index contributed by atoms with van der Waals surface area (Å²) in [7, 11) is 0. The average molecular weight is 576 g/mol. The molecule has 1 saturated carbocycles. The van der Waals surface area contributed by atoms with Crippen LogP contribution in [0.1, 0.15) is 44.9 Å². The molecule has 4 N–H and O–H groups in total. The van der Waals surface area contributed by atoms with Gasteiger partial charge in [-0.15, -0.1) is 11.3 Å². The lowest BCUT2D eigenvalue weighted by molar-refractivity contribution is -0.145. The third-order valence-electron chi connectivity index (χ3n) is 8.23. The number of thiophene rings is 1. The van der Waals surface area contributed by atoms with Crippen molar-refractivity contribution in [3.05, 3.63) is 53.9 Å². The fourth-order valence-electron chi connectivity index (χ4n) is 5.84. The number of fused-ring (bicyclic) bond motifs is 3. The fourth-order valence-corrected chi connectivity index (χ4v) is 6.54. The molecule has 2 aromatic heterocycles. The van der Waals surface area contributed by atoms with Crippen molar-refractivity contribution in [2.45, 2.75) is 68.7 Å². The van der Waals surface area contributed by atoms with Crippen LogP contribution < -0.4 is 15.8 Å². The second kappa shape index (κ2) is 11.2. The molecule has 1 aliphatic carbocycles. The highest BCUT2D eigenvalue weighted by atomic mass is 32.1. The van der Waals surface area contributed by atoms with Crippen LogP contribution in [0.2, 0.25) is 0 Å². The van der Waals surface area contributed by atoms with E-state index in [0.717, 1.165) is 36.1 Å². The van der Waals surface area contributed by atoms with Gasteiger partial charge in [0.1, 0.15) is 23.4 Å². The number of carboxylic acids is 1. The molecule has 0 bridgehead atoms. The van der Waals surface area contributed by atoms with Crippen LogP contribution in [0.15, 0.2) is 53.9 Å². The summed E-state index contributed by atoms with van der Waals surface area (Å²) >= 11 is 1.52.